The summed E-state index contributed by atoms with van der Waals surface area (Å²) >= 11 is 0. The Labute approximate surface area is 103 Å². The van der Waals surface area contributed by atoms with Crippen molar-refractivity contribution in [3.63, 3.8) is 0 Å². The minimum absolute atomic E-state index is 0.144. The molecule has 0 aliphatic heterocycles. The molecule has 0 bridgehead atoms. The van der Waals surface area contributed by atoms with Gasteiger partial charge in [0.1, 0.15) is 5.82 Å². The van der Waals surface area contributed by atoms with Crippen LogP contribution in [-0.4, -0.2) is 26.1 Å². The fourth-order valence-electron chi connectivity index (χ4n) is 1.62. The van der Waals surface area contributed by atoms with Crippen LogP contribution in [0.4, 0.5) is 4.39 Å². The normalized spacial score (nSPS) is 10.6. The van der Waals surface area contributed by atoms with Gasteiger partial charge >= 0.3 is 5.97 Å². The van der Waals surface area contributed by atoms with Crippen LogP contribution in [0.2, 0.25) is 0 Å². The number of benzene rings is 1. The molecule has 6 heteroatoms. The van der Waals surface area contributed by atoms with Crippen LogP contribution in [0.5, 0.6) is 0 Å². The summed E-state index contributed by atoms with van der Waals surface area (Å²) in [4.78, 5) is 10.6. The van der Waals surface area contributed by atoms with Gasteiger partial charge in [-0.25, -0.2) is 9.07 Å². The van der Waals surface area contributed by atoms with Crippen LogP contribution >= 0.6 is 0 Å². The molecule has 0 atom stereocenters. The Kier molecular flexibility index (Phi) is 3.36. The second-order valence-electron chi connectivity index (χ2n) is 3.98. The number of nitrogens with zero attached hydrogens (tertiary/aromatic N) is 3. The van der Waals surface area contributed by atoms with Crippen LogP contribution in [0.1, 0.15) is 17.0 Å². The summed E-state index contributed by atoms with van der Waals surface area (Å²) in [5.74, 6) is -1.23. The van der Waals surface area contributed by atoms with Crippen molar-refractivity contribution in [3.8, 4) is 0 Å². The third-order valence-electron chi connectivity index (χ3n) is 2.64. The lowest BCUT2D eigenvalue weighted by atomic mass is 10.2. The molecule has 1 heterocycles. The van der Waals surface area contributed by atoms with E-state index in [0.29, 0.717) is 17.9 Å². The zero-order valence-corrected chi connectivity index (χ0v) is 9.80. The van der Waals surface area contributed by atoms with E-state index < -0.39 is 5.97 Å². The smallest absolute Gasteiger partial charge is 0.309 e. The Morgan fingerprint density at radius 3 is 2.67 bits per heavy atom. The van der Waals surface area contributed by atoms with Crippen LogP contribution in [0.3, 0.4) is 0 Å². The molecule has 0 amide bonds. The van der Waals surface area contributed by atoms with Gasteiger partial charge in [0.05, 0.1) is 24.4 Å². The molecule has 1 aromatic carbocycles. The third-order valence-corrected chi connectivity index (χ3v) is 2.64. The maximum Gasteiger partial charge on any atom is 0.309 e. The number of carbonyl (C=O) groups is 1. The molecule has 0 fully saturated rings. The largest absolute Gasteiger partial charge is 0.481 e. The van der Waals surface area contributed by atoms with Gasteiger partial charge in [-0.2, -0.15) is 0 Å². The van der Waals surface area contributed by atoms with Gasteiger partial charge in [0.25, 0.3) is 0 Å². The van der Waals surface area contributed by atoms with Crippen molar-refractivity contribution in [1.82, 2.24) is 15.0 Å². The highest BCUT2D eigenvalue weighted by Crippen LogP contribution is 2.09. The SMILES string of the molecule is Cc1c(CC(=O)O)nnn1Cc1ccc(F)cc1. The number of carboxylic acids is 1. The molecule has 0 spiro atoms. The molecule has 0 radical (unpaired) electrons. The van der Waals surface area contributed by atoms with Crippen LogP contribution in [0.25, 0.3) is 0 Å². The van der Waals surface area contributed by atoms with Gasteiger partial charge in [0.2, 0.25) is 0 Å². The zero-order chi connectivity index (χ0) is 13.1. The zero-order valence-electron chi connectivity index (χ0n) is 9.80. The summed E-state index contributed by atoms with van der Waals surface area (Å²) in [7, 11) is 0. The summed E-state index contributed by atoms with van der Waals surface area (Å²) < 4.78 is 14.4. The Balaban J connectivity index is 2.17. The molecule has 94 valence electrons. The van der Waals surface area contributed by atoms with Crippen molar-refractivity contribution < 1.29 is 14.3 Å². The van der Waals surface area contributed by atoms with Gasteiger partial charge in [-0.05, 0) is 24.6 Å². The average molecular weight is 249 g/mol. The number of halogens is 1. The Hall–Kier alpha value is -2.24. The first kappa shape index (κ1) is 12.2. The summed E-state index contributed by atoms with van der Waals surface area (Å²) in [6, 6.07) is 6.07. The van der Waals surface area contributed by atoms with Crippen molar-refractivity contribution in [1.29, 1.82) is 0 Å². The first-order valence-corrected chi connectivity index (χ1v) is 5.41. The molecule has 2 rings (SSSR count). The number of carboxylic acid groups (broad SMARTS) is 1. The quantitative estimate of drug-likeness (QED) is 0.889. The molecule has 1 aromatic heterocycles. The minimum atomic E-state index is -0.938. The topological polar surface area (TPSA) is 68.0 Å². The number of hydrogen-bond acceptors (Lipinski definition) is 3. The third kappa shape index (κ3) is 2.71. The first-order valence-electron chi connectivity index (χ1n) is 5.41. The van der Waals surface area contributed by atoms with E-state index in [1.54, 1.807) is 23.7 Å². The van der Waals surface area contributed by atoms with Crippen LogP contribution < -0.4 is 0 Å². The van der Waals surface area contributed by atoms with Gasteiger partial charge in [0, 0.05) is 0 Å². The van der Waals surface area contributed by atoms with E-state index in [-0.39, 0.29) is 12.2 Å². The van der Waals surface area contributed by atoms with Crippen molar-refractivity contribution in [3.05, 3.63) is 47.0 Å². The molecule has 0 saturated carbocycles. The molecule has 18 heavy (non-hydrogen) atoms. The molecular weight excluding hydrogens is 237 g/mol. The van der Waals surface area contributed by atoms with Crippen molar-refractivity contribution in [2.75, 3.05) is 0 Å². The fraction of sp³-hybridized carbons (Fsp3) is 0.250. The lowest BCUT2D eigenvalue weighted by molar-refractivity contribution is -0.136. The minimum Gasteiger partial charge on any atom is -0.481 e. The Morgan fingerprint density at radius 2 is 2.06 bits per heavy atom. The number of aliphatic carboxylic acids is 1. The van der Waals surface area contributed by atoms with Crippen molar-refractivity contribution in [2.45, 2.75) is 19.9 Å². The summed E-state index contributed by atoms with van der Waals surface area (Å²) in [5.41, 5.74) is 2.04. The van der Waals surface area contributed by atoms with Gasteiger partial charge in [-0.1, -0.05) is 17.3 Å². The predicted molar refractivity (Wildman–Crippen MR) is 61.6 cm³/mol. The van der Waals surface area contributed by atoms with Gasteiger partial charge in [-0.15, -0.1) is 5.10 Å². The number of hydrogen-bond donors (Lipinski definition) is 1. The molecule has 5 nitrogen and oxygen atoms in total. The fourth-order valence-corrected chi connectivity index (χ4v) is 1.62. The van der Waals surface area contributed by atoms with Gasteiger partial charge in [-0.3, -0.25) is 4.79 Å². The van der Waals surface area contributed by atoms with Crippen molar-refractivity contribution in [2.24, 2.45) is 0 Å². The number of aromatic nitrogens is 3. The standard InChI is InChI=1S/C12H12FN3O2/c1-8-11(6-12(17)18)14-15-16(8)7-9-2-4-10(13)5-3-9/h2-5H,6-7H2,1H3,(H,17,18). The maximum atomic E-state index is 12.8. The van der Waals surface area contributed by atoms with E-state index in [9.17, 15) is 9.18 Å². The van der Waals surface area contributed by atoms with E-state index in [4.69, 9.17) is 5.11 Å². The van der Waals surface area contributed by atoms with Crippen LogP contribution in [0, 0.1) is 12.7 Å². The monoisotopic (exact) mass is 249 g/mol. The molecule has 2 aromatic rings. The lowest BCUT2D eigenvalue weighted by Gasteiger charge is -2.03. The summed E-state index contributed by atoms with van der Waals surface area (Å²) in [6.07, 6.45) is -0.144. The van der Waals surface area contributed by atoms with Crippen LogP contribution in [0.15, 0.2) is 24.3 Å². The molecule has 0 aliphatic rings. The maximum absolute atomic E-state index is 12.8. The Morgan fingerprint density at radius 1 is 1.39 bits per heavy atom. The molecule has 0 aliphatic carbocycles. The molecule has 0 unspecified atom stereocenters. The van der Waals surface area contributed by atoms with E-state index in [1.165, 1.54) is 12.1 Å². The second-order valence-corrected chi connectivity index (χ2v) is 3.98. The second kappa shape index (κ2) is 4.95. The van der Waals surface area contributed by atoms with E-state index in [2.05, 4.69) is 10.3 Å². The lowest BCUT2D eigenvalue weighted by Crippen LogP contribution is -2.06. The highest BCUT2D eigenvalue weighted by atomic mass is 19.1. The summed E-state index contributed by atoms with van der Waals surface area (Å²) in [5, 5.41) is 16.4. The molecule has 1 N–H and O–H groups in total. The van der Waals surface area contributed by atoms with Crippen molar-refractivity contribution >= 4 is 5.97 Å². The van der Waals surface area contributed by atoms with E-state index in [1.807, 2.05) is 0 Å². The number of rotatable bonds is 4. The van der Waals surface area contributed by atoms with Gasteiger partial charge in [0.15, 0.2) is 0 Å². The Bertz CT molecular complexity index is 563. The highest BCUT2D eigenvalue weighted by Gasteiger charge is 2.11. The first-order chi connectivity index (χ1) is 8.56. The highest BCUT2D eigenvalue weighted by molar-refractivity contribution is 5.69. The van der Waals surface area contributed by atoms with Crippen LogP contribution in [-0.2, 0) is 17.8 Å². The van der Waals surface area contributed by atoms with E-state index >= 15 is 0 Å². The van der Waals surface area contributed by atoms with Gasteiger partial charge < -0.3 is 5.11 Å². The van der Waals surface area contributed by atoms with E-state index in [0.717, 1.165) is 5.56 Å². The molecular formula is C12H12FN3O2. The average Bonchev–Trinajstić information content (AvgIpc) is 2.64. The predicted octanol–water partition coefficient (Wildman–Crippen LogP) is 1.40. The molecule has 0 saturated heterocycles. The summed E-state index contributed by atoms with van der Waals surface area (Å²) in [6.45, 7) is 2.21.